The van der Waals surface area contributed by atoms with Crippen LogP contribution in [0.5, 0.6) is 0 Å². The molecule has 1 N–H and O–H groups in total. The maximum absolute atomic E-state index is 13.1. The van der Waals surface area contributed by atoms with Gasteiger partial charge in [0.2, 0.25) is 0 Å². The summed E-state index contributed by atoms with van der Waals surface area (Å²) in [7, 11) is 0. The first-order valence-corrected chi connectivity index (χ1v) is 6.80. The Morgan fingerprint density at radius 2 is 1.86 bits per heavy atom. The minimum Gasteiger partial charge on any atom is -0.449 e. The summed E-state index contributed by atoms with van der Waals surface area (Å²) in [4.78, 5) is 23.8. The lowest BCUT2D eigenvalue weighted by Gasteiger charge is -2.13. The second kappa shape index (κ2) is 6.85. The van der Waals surface area contributed by atoms with Crippen LogP contribution in [0.1, 0.15) is 22.8 Å². The Hall–Kier alpha value is -2.69. The zero-order valence-electron chi connectivity index (χ0n) is 12.3. The second-order valence-corrected chi connectivity index (χ2v) is 4.92. The molecule has 4 nitrogen and oxygen atoms in total. The molecule has 0 radical (unpaired) electrons. The number of esters is 1. The molecular formula is C17H16FNO3. The minimum absolute atomic E-state index is 0.0650. The van der Waals surface area contributed by atoms with Crippen LogP contribution in [0.4, 0.5) is 10.1 Å². The molecule has 0 saturated heterocycles. The predicted molar refractivity (Wildman–Crippen MR) is 81.1 cm³/mol. The fourth-order valence-electron chi connectivity index (χ4n) is 1.86. The van der Waals surface area contributed by atoms with Crippen molar-refractivity contribution in [1.82, 2.24) is 0 Å². The van der Waals surface area contributed by atoms with Gasteiger partial charge in [0, 0.05) is 5.69 Å². The van der Waals surface area contributed by atoms with E-state index in [4.69, 9.17) is 4.74 Å². The Bertz CT molecular complexity index is 700. The fourth-order valence-corrected chi connectivity index (χ4v) is 1.86. The number of carbonyl (C=O) groups excluding carboxylic acids is 2. The molecule has 0 heterocycles. The van der Waals surface area contributed by atoms with Crippen molar-refractivity contribution < 1.29 is 18.7 Å². The van der Waals surface area contributed by atoms with Gasteiger partial charge in [0.1, 0.15) is 5.82 Å². The Balaban J connectivity index is 1.98. The molecule has 114 valence electrons. The molecule has 2 rings (SSSR count). The number of ether oxygens (including phenoxy) is 1. The van der Waals surface area contributed by atoms with Gasteiger partial charge in [-0.1, -0.05) is 18.2 Å². The first-order chi connectivity index (χ1) is 10.5. The maximum atomic E-state index is 13.1. The maximum Gasteiger partial charge on any atom is 0.339 e. The molecule has 0 bridgehead atoms. The molecule has 0 aliphatic rings. The number of rotatable bonds is 4. The first-order valence-electron chi connectivity index (χ1n) is 6.80. The number of hydrogen-bond donors (Lipinski definition) is 1. The Labute approximate surface area is 127 Å². The van der Waals surface area contributed by atoms with Crippen LogP contribution in [0.15, 0.2) is 48.5 Å². The summed E-state index contributed by atoms with van der Waals surface area (Å²) in [5, 5.41) is 2.66. The normalized spacial score (nSPS) is 11.6. The van der Waals surface area contributed by atoms with Gasteiger partial charge >= 0.3 is 5.97 Å². The molecule has 0 aliphatic carbocycles. The standard InChI is InChI=1S/C17H16FNO3/c1-11-5-3-8-15(9-11)19-16(20)12(2)22-17(21)13-6-4-7-14(18)10-13/h3-10,12H,1-2H3,(H,19,20)/t12-/m0/s1. The highest BCUT2D eigenvalue weighted by Crippen LogP contribution is 2.11. The third-order valence-corrected chi connectivity index (χ3v) is 3.00. The summed E-state index contributed by atoms with van der Waals surface area (Å²) in [6.07, 6.45) is -0.990. The van der Waals surface area contributed by atoms with Gasteiger partial charge in [0.15, 0.2) is 6.10 Å². The van der Waals surface area contributed by atoms with E-state index in [-0.39, 0.29) is 5.56 Å². The summed E-state index contributed by atoms with van der Waals surface area (Å²) in [6.45, 7) is 3.37. The lowest BCUT2D eigenvalue weighted by atomic mass is 10.2. The van der Waals surface area contributed by atoms with Crippen LogP contribution in [-0.4, -0.2) is 18.0 Å². The Morgan fingerprint density at radius 3 is 2.55 bits per heavy atom. The molecule has 2 aromatic carbocycles. The highest BCUT2D eigenvalue weighted by Gasteiger charge is 2.19. The van der Waals surface area contributed by atoms with Crippen molar-refractivity contribution in [2.24, 2.45) is 0 Å². The highest BCUT2D eigenvalue weighted by atomic mass is 19.1. The van der Waals surface area contributed by atoms with Crippen LogP contribution < -0.4 is 5.32 Å². The van der Waals surface area contributed by atoms with Crippen molar-refractivity contribution >= 4 is 17.6 Å². The van der Waals surface area contributed by atoms with E-state index in [9.17, 15) is 14.0 Å². The highest BCUT2D eigenvalue weighted by molar-refractivity contribution is 5.97. The molecule has 1 amide bonds. The average Bonchev–Trinajstić information content (AvgIpc) is 2.47. The van der Waals surface area contributed by atoms with E-state index in [2.05, 4.69) is 5.32 Å². The van der Waals surface area contributed by atoms with Crippen molar-refractivity contribution in [1.29, 1.82) is 0 Å². The van der Waals surface area contributed by atoms with Crippen molar-refractivity contribution in [3.63, 3.8) is 0 Å². The van der Waals surface area contributed by atoms with Crippen LogP contribution in [0.2, 0.25) is 0 Å². The lowest BCUT2D eigenvalue weighted by Crippen LogP contribution is -2.30. The Morgan fingerprint density at radius 1 is 1.14 bits per heavy atom. The van der Waals surface area contributed by atoms with Gasteiger partial charge in [-0.3, -0.25) is 4.79 Å². The quantitative estimate of drug-likeness (QED) is 0.881. The topological polar surface area (TPSA) is 55.4 Å². The molecular weight excluding hydrogens is 285 g/mol. The third kappa shape index (κ3) is 4.15. The van der Waals surface area contributed by atoms with E-state index >= 15 is 0 Å². The van der Waals surface area contributed by atoms with Crippen molar-refractivity contribution in [3.05, 3.63) is 65.5 Å². The summed E-state index contributed by atoms with van der Waals surface area (Å²) in [5.74, 6) is -1.73. The zero-order valence-corrected chi connectivity index (χ0v) is 12.3. The van der Waals surface area contributed by atoms with E-state index in [0.717, 1.165) is 11.6 Å². The molecule has 0 spiro atoms. The number of nitrogens with one attached hydrogen (secondary N) is 1. The SMILES string of the molecule is Cc1cccc(NC(=O)[C@H](C)OC(=O)c2cccc(F)c2)c1. The van der Waals surface area contributed by atoms with E-state index in [1.165, 1.54) is 25.1 Å². The lowest BCUT2D eigenvalue weighted by molar-refractivity contribution is -0.123. The molecule has 0 fully saturated rings. The van der Waals surface area contributed by atoms with Crippen molar-refractivity contribution in [2.45, 2.75) is 20.0 Å². The number of hydrogen-bond acceptors (Lipinski definition) is 3. The summed E-state index contributed by atoms with van der Waals surface area (Å²) >= 11 is 0. The van der Waals surface area contributed by atoms with E-state index in [1.54, 1.807) is 12.1 Å². The predicted octanol–water partition coefficient (Wildman–Crippen LogP) is 3.32. The third-order valence-electron chi connectivity index (χ3n) is 3.00. The summed E-state index contributed by atoms with van der Waals surface area (Å²) in [6, 6.07) is 12.4. The largest absolute Gasteiger partial charge is 0.449 e. The Kier molecular flexibility index (Phi) is 4.88. The van der Waals surface area contributed by atoms with Crippen LogP contribution in [0.25, 0.3) is 0 Å². The van der Waals surface area contributed by atoms with Gasteiger partial charge in [0.05, 0.1) is 5.56 Å². The molecule has 0 unspecified atom stereocenters. The molecule has 0 saturated carbocycles. The summed E-state index contributed by atoms with van der Waals surface area (Å²) in [5.41, 5.74) is 1.69. The number of carbonyl (C=O) groups is 2. The van der Waals surface area contributed by atoms with E-state index in [0.29, 0.717) is 5.69 Å². The van der Waals surface area contributed by atoms with Gasteiger partial charge in [-0.05, 0) is 49.7 Å². The number of anilines is 1. The zero-order chi connectivity index (χ0) is 16.1. The van der Waals surface area contributed by atoms with E-state index < -0.39 is 23.8 Å². The molecule has 2 aromatic rings. The number of amides is 1. The van der Waals surface area contributed by atoms with Crippen LogP contribution in [-0.2, 0) is 9.53 Å². The monoisotopic (exact) mass is 301 g/mol. The molecule has 22 heavy (non-hydrogen) atoms. The van der Waals surface area contributed by atoms with Gasteiger partial charge in [-0.2, -0.15) is 0 Å². The number of benzene rings is 2. The number of halogens is 1. The van der Waals surface area contributed by atoms with Gasteiger partial charge in [-0.25, -0.2) is 9.18 Å². The molecule has 0 aliphatic heterocycles. The molecule has 1 atom stereocenters. The van der Waals surface area contributed by atoms with Crippen molar-refractivity contribution in [2.75, 3.05) is 5.32 Å². The van der Waals surface area contributed by atoms with Crippen molar-refractivity contribution in [3.8, 4) is 0 Å². The molecule has 5 heteroatoms. The summed E-state index contributed by atoms with van der Waals surface area (Å²) < 4.78 is 18.1. The van der Waals surface area contributed by atoms with Crippen LogP contribution in [0.3, 0.4) is 0 Å². The van der Waals surface area contributed by atoms with Gasteiger partial charge in [0.25, 0.3) is 5.91 Å². The minimum atomic E-state index is -0.990. The van der Waals surface area contributed by atoms with Crippen LogP contribution in [0, 0.1) is 12.7 Å². The van der Waals surface area contributed by atoms with Gasteiger partial charge in [-0.15, -0.1) is 0 Å². The second-order valence-electron chi connectivity index (χ2n) is 4.92. The smallest absolute Gasteiger partial charge is 0.339 e. The molecule has 0 aromatic heterocycles. The fraction of sp³-hybridized carbons (Fsp3) is 0.176. The van der Waals surface area contributed by atoms with E-state index in [1.807, 2.05) is 19.1 Å². The average molecular weight is 301 g/mol. The first kappa shape index (κ1) is 15.7. The van der Waals surface area contributed by atoms with Crippen LogP contribution >= 0.6 is 0 Å². The number of aryl methyl sites for hydroxylation is 1. The van der Waals surface area contributed by atoms with Gasteiger partial charge < -0.3 is 10.1 Å².